The monoisotopic (exact) mass is 383 g/mol. The molecule has 0 bridgehead atoms. The van der Waals surface area contributed by atoms with Crippen LogP contribution in [0.25, 0.3) is 0 Å². The number of carbonyl (C=O) groups excluding carboxylic acids is 2. The maximum atomic E-state index is 11.9. The third-order valence-corrected chi connectivity index (χ3v) is 4.47. The Morgan fingerprint density at radius 1 is 1.19 bits per heavy atom. The number of amides is 2. The molecular formula is C19H30ClN3O3. The fraction of sp³-hybridized carbons (Fsp3) is 0.579. The first kappa shape index (κ1) is 22.4. The topological polar surface area (TPSA) is 93.5 Å². The van der Waals surface area contributed by atoms with Crippen LogP contribution in [0.1, 0.15) is 45.1 Å². The second-order valence-corrected chi connectivity index (χ2v) is 6.95. The Hall–Kier alpha value is -1.63. The van der Waals surface area contributed by atoms with E-state index in [0.717, 1.165) is 18.4 Å². The summed E-state index contributed by atoms with van der Waals surface area (Å²) in [6.45, 7) is 4.23. The van der Waals surface area contributed by atoms with Crippen molar-refractivity contribution in [2.45, 2.75) is 58.3 Å². The molecule has 0 heterocycles. The zero-order valence-electron chi connectivity index (χ0n) is 15.5. The van der Waals surface area contributed by atoms with Gasteiger partial charge in [-0.3, -0.25) is 9.59 Å². The molecule has 1 fully saturated rings. The van der Waals surface area contributed by atoms with E-state index < -0.39 is 6.04 Å². The van der Waals surface area contributed by atoms with E-state index in [4.69, 9.17) is 10.5 Å². The standard InChI is InChI=1S/C19H29N3O3.ClH/c1-13(2)18(20)19(24)21-11-17(23)22-15-9-7-14(8-10-15)12-25-16-5-3-4-6-16;/h7-10,13,16,18H,3-6,11-12,20H2,1-2H3,(H,21,24)(H,22,23);1H/t18-;/m0./s1. The maximum Gasteiger partial charge on any atom is 0.243 e. The number of nitrogens with one attached hydrogen (secondary N) is 2. The highest BCUT2D eigenvalue weighted by Gasteiger charge is 2.17. The number of carbonyl (C=O) groups is 2. The van der Waals surface area contributed by atoms with E-state index >= 15 is 0 Å². The van der Waals surface area contributed by atoms with E-state index in [0.29, 0.717) is 18.4 Å². The van der Waals surface area contributed by atoms with E-state index in [9.17, 15) is 9.59 Å². The minimum atomic E-state index is -0.605. The molecular weight excluding hydrogens is 354 g/mol. The Labute approximate surface area is 161 Å². The fourth-order valence-electron chi connectivity index (χ4n) is 2.75. The second-order valence-electron chi connectivity index (χ2n) is 6.95. The molecule has 7 heteroatoms. The summed E-state index contributed by atoms with van der Waals surface area (Å²) in [4.78, 5) is 23.6. The van der Waals surface area contributed by atoms with Gasteiger partial charge in [0.05, 0.1) is 25.3 Å². The van der Waals surface area contributed by atoms with Crippen molar-refractivity contribution in [2.24, 2.45) is 11.7 Å². The summed E-state index contributed by atoms with van der Waals surface area (Å²) >= 11 is 0. The van der Waals surface area contributed by atoms with Crippen LogP contribution in [-0.4, -0.2) is 30.5 Å². The van der Waals surface area contributed by atoms with Gasteiger partial charge in [-0.2, -0.15) is 0 Å². The third kappa shape index (κ3) is 7.32. The van der Waals surface area contributed by atoms with Crippen LogP contribution < -0.4 is 16.4 Å². The molecule has 4 N–H and O–H groups in total. The predicted octanol–water partition coefficient (Wildman–Crippen LogP) is 2.61. The van der Waals surface area contributed by atoms with E-state index in [-0.39, 0.29) is 36.7 Å². The van der Waals surface area contributed by atoms with Crippen LogP contribution in [0.4, 0.5) is 5.69 Å². The normalized spacial score (nSPS) is 15.4. The third-order valence-electron chi connectivity index (χ3n) is 4.47. The van der Waals surface area contributed by atoms with Gasteiger partial charge in [0.1, 0.15) is 0 Å². The molecule has 2 amide bonds. The summed E-state index contributed by atoms with van der Waals surface area (Å²) in [5, 5.41) is 5.31. The molecule has 0 radical (unpaired) electrons. The minimum Gasteiger partial charge on any atom is -0.374 e. The Bertz CT molecular complexity index is 572. The van der Waals surface area contributed by atoms with E-state index in [1.807, 2.05) is 38.1 Å². The number of ether oxygens (including phenoxy) is 1. The van der Waals surface area contributed by atoms with E-state index in [1.165, 1.54) is 12.8 Å². The summed E-state index contributed by atoms with van der Waals surface area (Å²) in [5.41, 5.74) is 7.51. The van der Waals surface area contributed by atoms with Gasteiger partial charge in [0.25, 0.3) is 0 Å². The fourth-order valence-corrected chi connectivity index (χ4v) is 2.75. The van der Waals surface area contributed by atoms with Crippen molar-refractivity contribution in [2.75, 3.05) is 11.9 Å². The molecule has 0 unspecified atom stereocenters. The molecule has 0 aliphatic heterocycles. The molecule has 1 atom stereocenters. The summed E-state index contributed by atoms with van der Waals surface area (Å²) in [6.07, 6.45) is 5.21. The van der Waals surface area contributed by atoms with Gasteiger partial charge in [-0.25, -0.2) is 0 Å². The molecule has 0 spiro atoms. The predicted molar refractivity (Wildman–Crippen MR) is 105 cm³/mol. The Kier molecular flexibility index (Phi) is 9.62. The molecule has 1 aromatic carbocycles. The highest BCUT2D eigenvalue weighted by atomic mass is 35.5. The zero-order chi connectivity index (χ0) is 18.2. The van der Waals surface area contributed by atoms with Gasteiger partial charge in [-0.1, -0.05) is 38.8 Å². The lowest BCUT2D eigenvalue weighted by atomic mass is 10.1. The molecule has 1 aliphatic rings. The molecule has 2 rings (SSSR count). The Morgan fingerprint density at radius 2 is 1.81 bits per heavy atom. The maximum absolute atomic E-state index is 11.9. The van der Waals surface area contributed by atoms with Gasteiger partial charge in [0.2, 0.25) is 11.8 Å². The van der Waals surface area contributed by atoms with Crippen molar-refractivity contribution >= 4 is 29.9 Å². The van der Waals surface area contributed by atoms with Crippen LogP contribution in [-0.2, 0) is 20.9 Å². The largest absolute Gasteiger partial charge is 0.374 e. The van der Waals surface area contributed by atoms with Gasteiger partial charge in [0.15, 0.2) is 0 Å². The van der Waals surface area contributed by atoms with Crippen molar-refractivity contribution in [1.82, 2.24) is 5.32 Å². The number of benzene rings is 1. The zero-order valence-corrected chi connectivity index (χ0v) is 16.3. The van der Waals surface area contributed by atoms with E-state index in [2.05, 4.69) is 10.6 Å². The number of hydrogen-bond acceptors (Lipinski definition) is 4. The van der Waals surface area contributed by atoms with Crippen molar-refractivity contribution in [3.8, 4) is 0 Å². The van der Waals surface area contributed by atoms with Gasteiger partial charge in [0, 0.05) is 5.69 Å². The van der Waals surface area contributed by atoms with Crippen LogP contribution in [0.5, 0.6) is 0 Å². The van der Waals surface area contributed by atoms with Crippen molar-refractivity contribution < 1.29 is 14.3 Å². The first-order valence-electron chi connectivity index (χ1n) is 8.99. The SMILES string of the molecule is CC(C)[C@H](N)C(=O)NCC(=O)Nc1ccc(COC2CCCC2)cc1.Cl. The Morgan fingerprint density at radius 3 is 2.38 bits per heavy atom. The first-order chi connectivity index (χ1) is 12.0. The summed E-state index contributed by atoms with van der Waals surface area (Å²) < 4.78 is 5.87. The number of rotatable bonds is 8. The number of nitrogens with two attached hydrogens (primary N) is 1. The summed E-state index contributed by atoms with van der Waals surface area (Å²) in [7, 11) is 0. The molecule has 1 saturated carbocycles. The average Bonchev–Trinajstić information content (AvgIpc) is 3.12. The van der Waals surface area contributed by atoms with Crippen LogP contribution in [0.15, 0.2) is 24.3 Å². The van der Waals surface area contributed by atoms with Crippen molar-refractivity contribution in [1.29, 1.82) is 0 Å². The first-order valence-corrected chi connectivity index (χ1v) is 8.99. The quantitative estimate of drug-likeness (QED) is 0.643. The second kappa shape index (κ2) is 11.2. The van der Waals surface area contributed by atoms with Crippen LogP contribution in [0, 0.1) is 5.92 Å². The molecule has 26 heavy (non-hydrogen) atoms. The van der Waals surface area contributed by atoms with Crippen molar-refractivity contribution in [3.63, 3.8) is 0 Å². The van der Waals surface area contributed by atoms with Gasteiger partial charge in [-0.05, 0) is 36.5 Å². The van der Waals surface area contributed by atoms with E-state index in [1.54, 1.807) is 0 Å². The smallest absolute Gasteiger partial charge is 0.243 e. The van der Waals surface area contributed by atoms with Gasteiger partial charge in [-0.15, -0.1) is 12.4 Å². The molecule has 146 valence electrons. The summed E-state index contributed by atoms with van der Waals surface area (Å²) in [6, 6.07) is 6.96. The molecule has 6 nitrogen and oxygen atoms in total. The lowest BCUT2D eigenvalue weighted by molar-refractivity contribution is -0.125. The summed E-state index contributed by atoms with van der Waals surface area (Å²) in [5.74, 6) is -0.564. The molecule has 0 aromatic heterocycles. The molecule has 0 saturated heterocycles. The van der Waals surface area contributed by atoms with Crippen LogP contribution >= 0.6 is 12.4 Å². The highest BCUT2D eigenvalue weighted by Crippen LogP contribution is 2.22. The number of anilines is 1. The van der Waals surface area contributed by atoms with Crippen LogP contribution in [0.3, 0.4) is 0 Å². The molecule has 1 aromatic rings. The average molecular weight is 384 g/mol. The Balaban J connectivity index is 0.00000338. The highest BCUT2D eigenvalue weighted by molar-refractivity contribution is 5.95. The number of halogens is 1. The minimum absolute atomic E-state index is 0. The van der Waals surface area contributed by atoms with Gasteiger partial charge >= 0.3 is 0 Å². The molecule has 1 aliphatic carbocycles. The van der Waals surface area contributed by atoms with Crippen LogP contribution in [0.2, 0.25) is 0 Å². The van der Waals surface area contributed by atoms with Gasteiger partial charge < -0.3 is 21.1 Å². The lowest BCUT2D eigenvalue weighted by Crippen LogP contribution is -2.46. The number of hydrogen-bond donors (Lipinski definition) is 3. The van der Waals surface area contributed by atoms with Crippen molar-refractivity contribution in [3.05, 3.63) is 29.8 Å². The lowest BCUT2D eigenvalue weighted by Gasteiger charge is -2.15.